The number of esters is 3. The number of benzene rings is 5. The van der Waals surface area contributed by atoms with Crippen molar-refractivity contribution in [3.05, 3.63) is 175 Å². The lowest BCUT2D eigenvalue weighted by Gasteiger charge is -2.58. The van der Waals surface area contributed by atoms with Crippen LogP contribution in [0, 0.1) is 29.6 Å². The van der Waals surface area contributed by atoms with Crippen LogP contribution in [0.4, 0.5) is 0 Å². The molecule has 5 aliphatic heterocycles. The average molecular weight is 1850 g/mol. The van der Waals surface area contributed by atoms with E-state index < -0.39 is 75.4 Å². The van der Waals surface area contributed by atoms with Crippen molar-refractivity contribution in [2.24, 2.45) is 29.6 Å². The molecule has 33 nitrogen and oxygen atoms in total. The number of likely N-dealkylation sites (N-methyl/N-ethyl adjacent to an activating group) is 5. The predicted molar refractivity (Wildman–Crippen MR) is 482 cm³/mol. The Labute approximate surface area is 777 Å². The number of carbonyl (C=O) groups is 9. The predicted octanol–water partition coefficient (Wildman–Crippen LogP) is 8.18. The Morgan fingerprint density at radius 3 is 0.933 bits per heavy atom. The van der Waals surface area contributed by atoms with Gasteiger partial charge >= 0.3 is 17.9 Å². The van der Waals surface area contributed by atoms with Gasteiger partial charge in [-0.1, -0.05) is 6.07 Å². The molecule has 0 radical (unpaired) electrons. The Kier molecular flexibility index (Phi) is 25.9. The van der Waals surface area contributed by atoms with E-state index in [2.05, 4.69) is 19.6 Å². The van der Waals surface area contributed by atoms with Gasteiger partial charge in [-0.2, -0.15) is 0 Å². The number of hydrogen-bond donors (Lipinski definition) is 6. The van der Waals surface area contributed by atoms with Gasteiger partial charge in [0, 0.05) is 146 Å². The van der Waals surface area contributed by atoms with Crippen LogP contribution in [0.1, 0.15) is 166 Å². The van der Waals surface area contributed by atoms with E-state index in [-0.39, 0.29) is 136 Å². The molecule has 5 fully saturated rings. The fourth-order valence-electron chi connectivity index (χ4n) is 25.8. The highest BCUT2D eigenvalue weighted by Gasteiger charge is 2.66. The normalized spacial score (nSPS) is 31.8. The summed E-state index contributed by atoms with van der Waals surface area (Å²) >= 11 is 0. The van der Waals surface area contributed by atoms with Gasteiger partial charge in [-0.15, -0.1) is 0 Å². The molecule has 5 aromatic carbocycles. The number of ketones is 6. The number of Topliss-reactive ketones (excluding diaryl/α,β-unsaturated/α-hetero) is 6. The summed E-state index contributed by atoms with van der Waals surface area (Å²) < 4.78 is 70.2. The van der Waals surface area contributed by atoms with E-state index in [1.165, 1.54) is 91.9 Å². The van der Waals surface area contributed by atoms with E-state index in [0.717, 1.165) is 38.8 Å². The molecule has 5 aromatic rings. The first-order valence-corrected chi connectivity index (χ1v) is 45.2. The number of aromatic hydroxyl groups is 2. The lowest BCUT2D eigenvalue weighted by Crippen LogP contribution is -2.63. The molecule has 0 aromatic heterocycles. The standard InChI is InChI=1S/2C21H25NO6.C21H23NO6.2C19H23NO5/c3*1-11(23)28-20-15(26-3)6-5-12-17(20)21-7-8-22(2)18(19(12)25)13(21)9-16(27-4)14(24)10-21;2*1-20-7-6-19-9-12(21)14(25-3)8-11(19)16(20)17(22)10-4-5-13(24-2)18(23)15(10)19/h2*5-6,9,13-14,18,24H,7-8,10H2,1-4H3;5-6,9,13,18H,7-8,10H2,1-4H3;4-5,8,11,16-17,22-23H,6-7,9H2,1-3H3;4-5,8,11-12,16,21,23H,6-7,9H2,1-3H3/t13?,14-,18+,21+;13?,14-,18-,21-;13?,18-,21-;11?,16-,17-,19-;11?,12-,16+,19+/m01110/s1. The number of rotatable bonds is 13. The van der Waals surface area contributed by atoms with Gasteiger partial charge in [0.1, 0.15) is 35.6 Å². The molecule has 5 unspecified atom stereocenters. The SMILES string of the molecule is COC1=CC2[C@@H]3C(=O)c4ccc(OC)c(O)c4[C@]2(CCN3C)C[C@@H]1O.COC1=CC2[C@@H]3C(=O)c4ccc(OC)c(OC(C)=O)c4[C@]2(CCN3C)CC1=O.COC1=CC2[C@@H]3C(=O)c4ccc(OC)c(OC(C)=O)c4[C@]2(CCN3C)C[C@@H]1O.COC1=CC2[C@@H]3C(=O)c4ccc(OC)c(OC(C)=O)c4[C@]2(CCN3C)C[C@H]1O.COC1=CC2[C@@H]3[C@H](O)c4ccc(OC)c(O)c4[C@]2(CCN3C)CC1=O. The summed E-state index contributed by atoms with van der Waals surface area (Å²) in [5.41, 5.74) is 3.26. The fraction of sp³-hybridized carbons (Fsp3) is 0.515. The van der Waals surface area contributed by atoms with Gasteiger partial charge in [0.25, 0.3) is 0 Å². The van der Waals surface area contributed by atoms with Gasteiger partial charge in [-0.3, -0.25) is 67.7 Å². The lowest BCUT2D eigenvalue weighted by molar-refractivity contribution is -0.133. The number of aliphatic hydroxyl groups excluding tert-OH is 4. The molecule has 33 heteroatoms. The van der Waals surface area contributed by atoms with Crippen molar-refractivity contribution >= 4 is 52.6 Å². The third-order valence-corrected chi connectivity index (χ3v) is 31.7. The topological polar surface area (TPSA) is 411 Å². The third-order valence-electron chi connectivity index (χ3n) is 31.7. The first-order valence-electron chi connectivity index (χ1n) is 45.2. The highest BCUT2D eigenvalue weighted by molar-refractivity contribution is 6.09. The first-order chi connectivity index (χ1) is 63.9. The van der Waals surface area contributed by atoms with Gasteiger partial charge in [0.2, 0.25) is 0 Å². The molecule has 134 heavy (non-hydrogen) atoms. The van der Waals surface area contributed by atoms with E-state index in [1.54, 1.807) is 60.7 Å². The molecular formula is C101H119N5O28. The van der Waals surface area contributed by atoms with Crippen LogP contribution in [-0.2, 0) is 74.7 Å². The number of carbonyl (C=O) groups excluding carboxylic acids is 9. The number of likely N-dealkylation sites (tertiary alicyclic amines) is 5. The Morgan fingerprint density at radius 2 is 0.604 bits per heavy atom. The van der Waals surface area contributed by atoms with Gasteiger partial charge in [0.05, 0.1) is 101 Å². The van der Waals surface area contributed by atoms with Crippen molar-refractivity contribution in [2.45, 2.75) is 167 Å². The molecule has 5 heterocycles. The molecule has 15 aliphatic rings. The number of fused-ring (bicyclic) bond motifs is 5. The number of phenolic OH excluding ortho intramolecular Hbond substituents is 2. The number of phenols is 2. The molecule has 6 N–H and O–H groups in total. The smallest absolute Gasteiger partial charge is 0.308 e. The molecule has 5 saturated heterocycles. The zero-order valence-corrected chi connectivity index (χ0v) is 78.8. The van der Waals surface area contributed by atoms with Crippen LogP contribution < -0.4 is 37.9 Å². The van der Waals surface area contributed by atoms with Crippen LogP contribution in [0.2, 0.25) is 0 Å². The van der Waals surface area contributed by atoms with Crippen molar-refractivity contribution in [2.75, 3.05) is 139 Å². The second kappa shape index (κ2) is 36.3. The maximum absolute atomic E-state index is 13.4. The zero-order chi connectivity index (χ0) is 96.5. The van der Waals surface area contributed by atoms with Crippen LogP contribution >= 0.6 is 0 Å². The number of nitrogens with zero attached hydrogens (tertiary/aromatic N) is 5. The van der Waals surface area contributed by atoms with Crippen LogP contribution in [0.5, 0.6) is 57.5 Å². The average Bonchev–Trinajstić information content (AvgIpc) is 0.719. The van der Waals surface area contributed by atoms with Gasteiger partial charge in [-0.25, -0.2) is 0 Å². The van der Waals surface area contributed by atoms with Crippen LogP contribution in [0.3, 0.4) is 0 Å². The Balaban J connectivity index is 0.000000122. The molecular weight excluding hydrogens is 1730 g/mol. The minimum Gasteiger partial charge on any atom is -0.504 e. The first kappa shape index (κ1) is 95.6. The van der Waals surface area contributed by atoms with Crippen molar-refractivity contribution in [3.63, 3.8) is 0 Å². The number of allylic oxidation sites excluding steroid dienone is 2. The van der Waals surface area contributed by atoms with Crippen LogP contribution in [0.15, 0.2) is 120 Å². The number of aliphatic hydroxyl groups is 4. The second-order valence-electron chi connectivity index (χ2n) is 37.8. The summed E-state index contributed by atoms with van der Waals surface area (Å²) in [6, 6.07) is 15.5. The van der Waals surface area contributed by atoms with Crippen LogP contribution in [-0.4, -0.2) is 295 Å². The van der Waals surface area contributed by atoms with E-state index in [4.69, 9.17) is 61.6 Å². The molecule has 0 saturated carbocycles. The van der Waals surface area contributed by atoms with Gasteiger partial charge in [-0.05, 0) is 210 Å². The maximum atomic E-state index is 13.4. The Morgan fingerprint density at radius 1 is 0.328 bits per heavy atom. The van der Waals surface area contributed by atoms with E-state index in [9.17, 15) is 73.8 Å². The van der Waals surface area contributed by atoms with Crippen molar-refractivity contribution in [1.82, 2.24) is 24.5 Å². The summed E-state index contributed by atoms with van der Waals surface area (Å²) in [7, 11) is 24.8. The zero-order valence-electron chi connectivity index (χ0n) is 78.8. The molecule has 0 spiro atoms. The van der Waals surface area contributed by atoms with E-state index >= 15 is 0 Å². The molecule has 716 valence electrons. The Hall–Kier alpha value is -11.5. The minimum absolute atomic E-state index is 0.00105. The van der Waals surface area contributed by atoms with Gasteiger partial charge in [0.15, 0.2) is 104 Å². The number of hydrogen-bond acceptors (Lipinski definition) is 33. The van der Waals surface area contributed by atoms with Gasteiger partial charge < -0.3 is 92.2 Å². The molecule has 10 aliphatic carbocycles. The number of ether oxygens (including phenoxy) is 13. The summed E-state index contributed by atoms with van der Waals surface area (Å²) in [6.45, 7) is 7.50. The summed E-state index contributed by atoms with van der Waals surface area (Å²) in [6.07, 6.45) is 11.4. The summed E-state index contributed by atoms with van der Waals surface area (Å²) in [5.74, 6) is 2.27. The second-order valence-corrected chi connectivity index (χ2v) is 37.8. The number of methoxy groups -OCH3 is 10. The monoisotopic (exact) mass is 1850 g/mol. The summed E-state index contributed by atoms with van der Waals surface area (Å²) in [5, 5.41) is 64.8. The number of piperidine rings is 5. The molecule has 10 bridgehead atoms. The largest absolute Gasteiger partial charge is 0.504 e. The Bertz CT molecular complexity index is 5690. The lowest BCUT2D eigenvalue weighted by atomic mass is 9.53. The van der Waals surface area contributed by atoms with Crippen molar-refractivity contribution in [1.29, 1.82) is 0 Å². The van der Waals surface area contributed by atoms with Crippen molar-refractivity contribution in [3.8, 4) is 57.5 Å². The molecule has 20 rings (SSSR count). The van der Waals surface area contributed by atoms with E-state index in [1.807, 2.05) is 70.5 Å². The third kappa shape index (κ3) is 14.8. The minimum atomic E-state index is -0.789. The highest BCUT2D eigenvalue weighted by Crippen LogP contribution is 2.66. The van der Waals surface area contributed by atoms with Crippen LogP contribution in [0.25, 0.3) is 0 Å². The molecule has 0 amide bonds. The summed E-state index contributed by atoms with van der Waals surface area (Å²) in [4.78, 5) is 125. The highest BCUT2D eigenvalue weighted by atomic mass is 16.6. The quantitative estimate of drug-likeness (QED) is 0.0478. The maximum Gasteiger partial charge on any atom is 0.308 e. The fourth-order valence-corrected chi connectivity index (χ4v) is 25.8. The van der Waals surface area contributed by atoms with E-state index in [0.29, 0.717) is 153 Å². The van der Waals surface area contributed by atoms with Crippen molar-refractivity contribution < 1.29 is 135 Å². The molecule has 19 atom stereocenters.